The fourth-order valence-electron chi connectivity index (χ4n) is 3.37. The molecule has 4 heteroatoms. The van der Waals surface area contributed by atoms with Gasteiger partial charge in [0.15, 0.2) is 0 Å². The normalized spacial score (nSPS) is 32.9. The van der Waals surface area contributed by atoms with Gasteiger partial charge in [0.25, 0.3) is 0 Å². The third-order valence-corrected chi connectivity index (χ3v) is 4.33. The molecule has 0 saturated carbocycles. The van der Waals surface area contributed by atoms with E-state index in [0.29, 0.717) is 12.0 Å². The molecule has 4 nitrogen and oxygen atoms in total. The number of fused-ring (bicyclic) bond motifs is 1. The van der Waals surface area contributed by atoms with Crippen molar-refractivity contribution in [1.82, 2.24) is 9.80 Å². The van der Waals surface area contributed by atoms with Crippen LogP contribution in [0.3, 0.4) is 0 Å². The van der Waals surface area contributed by atoms with Crippen molar-refractivity contribution < 1.29 is 9.15 Å². The van der Waals surface area contributed by atoms with Gasteiger partial charge in [-0.05, 0) is 26.1 Å². The van der Waals surface area contributed by atoms with Gasteiger partial charge in [-0.15, -0.1) is 0 Å². The highest BCUT2D eigenvalue weighted by Gasteiger charge is 2.41. The molecule has 100 valence electrons. The zero-order valence-corrected chi connectivity index (χ0v) is 11.2. The number of likely N-dealkylation sites (tertiary alicyclic amines) is 1. The number of hydrogen-bond donors (Lipinski definition) is 0. The second-order valence-corrected chi connectivity index (χ2v) is 5.82. The van der Waals surface area contributed by atoms with Gasteiger partial charge in [0.05, 0.1) is 25.7 Å². The summed E-state index contributed by atoms with van der Waals surface area (Å²) in [5.41, 5.74) is 1.27. The van der Waals surface area contributed by atoms with E-state index in [4.69, 9.17) is 9.15 Å². The summed E-state index contributed by atoms with van der Waals surface area (Å²) in [6, 6.07) is 2.63. The summed E-state index contributed by atoms with van der Waals surface area (Å²) < 4.78 is 10.9. The molecule has 0 aromatic carbocycles. The van der Waals surface area contributed by atoms with Crippen molar-refractivity contribution in [3.63, 3.8) is 0 Å². The van der Waals surface area contributed by atoms with E-state index in [9.17, 15) is 0 Å². The first kappa shape index (κ1) is 12.2. The van der Waals surface area contributed by atoms with Crippen LogP contribution in [-0.4, -0.2) is 56.2 Å². The molecule has 1 aromatic heterocycles. The Kier molecular flexibility index (Phi) is 3.41. The fourth-order valence-corrected chi connectivity index (χ4v) is 3.37. The minimum absolute atomic E-state index is 0.568. The molecule has 0 aliphatic carbocycles. The maximum absolute atomic E-state index is 5.75. The van der Waals surface area contributed by atoms with E-state index >= 15 is 0 Å². The maximum atomic E-state index is 5.75. The van der Waals surface area contributed by atoms with Gasteiger partial charge < -0.3 is 14.1 Å². The Bertz CT molecular complexity index is 377. The lowest BCUT2D eigenvalue weighted by Gasteiger charge is -2.37. The molecule has 0 amide bonds. The minimum atomic E-state index is 0.568. The van der Waals surface area contributed by atoms with Crippen LogP contribution in [0.1, 0.15) is 5.56 Å². The topological polar surface area (TPSA) is 28.9 Å². The van der Waals surface area contributed by atoms with Gasteiger partial charge in [0.2, 0.25) is 0 Å². The van der Waals surface area contributed by atoms with Gasteiger partial charge in [-0.25, -0.2) is 0 Å². The minimum Gasteiger partial charge on any atom is -0.472 e. The summed E-state index contributed by atoms with van der Waals surface area (Å²) >= 11 is 0. The molecule has 0 bridgehead atoms. The van der Waals surface area contributed by atoms with Crippen molar-refractivity contribution >= 4 is 0 Å². The summed E-state index contributed by atoms with van der Waals surface area (Å²) in [5.74, 6) is 1.44. The standard InChI is InChI=1S/C14H22N2O2/c1-15(2)14-10-18-9-12-6-16(7-13(12)14)5-11-3-4-17-8-11/h3-4,8,12-14H,5-7,9-10H2,1-2H3/t12-,13-,14-/m1/s1. The molecule has 18 heavy (non-hydrogen) atoms. The van der Waals surface area contributed by atoms with Crippen molar-refractivity contribution in [3.05, 3.63) is 24.2 Å². The van der Waals surface area contributed by atoms with Crippen LogP contribution < -0.4 is 0 Å². The SMILES string of the molecule is CN(C)[C@@H]1COC[C@H]2CN(Cc3ccoc3)C[C@H]21. The largest absolute Gasteiger partial charge is 0.472 e. The first-order chi connectivity index (χ1) is 8.74. The van der Waals surface area contributed by atoms with E-state index in [2.05, 4.69) is 30.0 Å². The van der Waals surface area contributed by atoms with Crippen molar-refractivity contribution in [2.75, 3.05) is 40.4 Å². The predicted molar refractivity (Wildman–Crippen MR) is 69.3 cm³/mol. The summed E-state index contributed by atoms with van der Waals surface area (Å²) in [6.07, 6.45) is 3.60. The highest BCUT2D eigenvalue weighted by molar-refractivity contribution is 5.06. The van der Waals surface area contributed by atoms with Crippen molar-refractivity contribution in [3.8, 4) is 0 Å². The Morgan fingerprint density at radius 2 is 2.22 bits per heavy atom. The molecule has 3 heterocycles. The molecular formula is C14H22N2O2. The Labute approximate surface area is 108 Å². The van der Waals surface area contributed by atoms with Crippen molar-refractivity contribution in [2.45, 2.75) is 12.6 Å². The number of furan rings is 1. The maximum Gasteiger partial charge on any atom is 0.0947 e. The highest BCUT2D eigenvalue weighted by atomic mass is 16.5. The Morgan fingerprint density at radius 1 is 1.33 bits per heavy atom. The molecular weight excluding hydrogens is 228 g/mol. The van der Waals surface area contributed by atoms with Gasteiger partial charge in [-0.3, -0.25) is 4.90 Å². The zero-order chi connectivity index (χ0) is 12.5. The third kappa shape index (κ3) is 2.32. The number of likely N-dealkylation sites (N-methyl/N-ethyl adjacent to an activating group) is 1. The first-order valence-electron chi connectivity index (χ1n) is 6.71. The van der Waals surface area contributed by atoms with Gasteiger partial charge in [0, 0.05) is 37.2 Å². The van der Waals surface area contributed by atoms with Crippen LogP contribution in [0.2, 0.25) is 0 Å². The van der Waals surface area contributed by atoms with Crippen molar-refractivity contribution in [1.29, 1.82) is 0 Å². The summed E-state index contributed by atoms with van der Waals surface area (Å²) in [4.78, 5) is 4.85. The molecule has 0 radical (unpaired) electrons. The molecule has 2 fully saturated rings. The van der Waals surface area contributed by atoms with E-state index in [0.717, 1.165) is 32.2 Å². The number of nitrogens with zero attached hydrogens (tertiary/aromatic N) is 2. The van der Waals surface area contributed by atoms with E-state index in [1.165, 1.54) is 12.1 Å². The second kappa shape index (κ2) is 5.03. The Balaban J connectivity index is 1.65. The van der Waals surface area contributed by atoms with Gasteiger partial charge >= 0.3 is 0 Å². The van der Waals surface area contributed by atoms with Crippen LogP contribution in [0.5, 0.6) is 0 Å². The Morgan fingerprint density at radius 3 is 2.94 bits per heavy atom. The van der Waals surface area contributed by atoms with Gasteiger partial charge in [0.1, 0.15) is 0 Å². The monoisotopic (exact) mass is 250 g/mol. The number of rotatable bonds is 3. The molecule has 0 unspecified atom stereocenters. The quantitative estimate of drug-likeness (QED) is 0.808. The molecule has 3 atom stereocenters. The predicted octanol–water partition coefficient (Wildman–Crippen LogP) is 1.29. The molecule has 0 N–H and O–H groups in total. The second-order valence-electron chi connectivity index (χ2n) is 5.82. The molecule has 2 aliphatic rings. The van der Waals surface area contributed by atoms with Crippen LogP contribution in [0.4, 0.5) is 0 Å². The van der Waals surface area contributed by atoms with Gasteiger partial charge in [-0.2, -0.15) is 0 Å². The van der Waals surface area contributed by atoms with E-state index in [-0.39, 0.29) is 0 Å². The lowest BCUT2D eigenvalue weighted by molar-refractivity contribution is -0.0229. The average Bonchev–Trinajstić information content (AvgIpc) is 2.96. The van der Waals surface area contributed by atoms with Crippen LogP contribution >= 0.6 is 0 Å². The average molecular weight is 250 g/mol. The lowest BCUT2D eigenvalue weighted by atomic mass is 9.87. The molecule has 2 saturated heterocycles. The van der Waals surface area contributed by atoms with Gasteiger partial charge in [-0.1, -0.05) is 0 Å². The zero-order valence-electron chi connectivity index (χ0n) is 11.2. The van der Waals surface area contributed by atoms with E-state index in [1.807, 2.05) is 6.26 Å². The third-order valence-electron chi connectivity index (χ3n) is 4.33. The van der Waals surface area contributed by atoms with Crippen LogP contribution in [0.15, 0.2) is 23.0 Å². The van der Waals surface area contributed by atoms with E-state index < -0.39 is 0 Å². The molecule has 2 aliphatic heterocycles. The Hall–Kier alpha value is -0.840. The number of ether oxygens (including phenoxy) is 1. The summed E-state index contributed by atoms with van der Waals surface area (Å²) in [5, 5.41) is 0. The van der Waals surface area contributed by atoms with Crippen LogP contribution in [0, 0.1) is 11.8 Å². The molecule has 3 rings (SSSR count). The summed E-state index contributed by atoms with van der Waals surface area (Å²) in [6.45, 7) is 5.15. The van der Waals surface area contributed by atoms with Crippen LogP contribution in [-0.2, 0) is 11.3 Å². The van der Waals surface area contributed by atoms with Crippen LogP contribution in [0.25, 0.3) is 0 Å². The number of hydrogen-bond acceptors (Lipinski definition) is 4. The summed E-state index contributed by atoms with van der Waals surface area (Å²) in [7, 11) is 4.32. The fraction of sp³-hybridized carbons (Fsp3) is 0.714. The molecule has 0 spiro atoms. The first-order valence-corrected chi connectivity index (χ1v) is 6.71. The van der Waals surface area contributed by atoms with Crippen molar-refractivity contribution in [2.24, 2.45) is 11.8 Å². The molecule has 1 aromatic rings. The lowest BCUT2D eigenvalue weighted by Crippen LogP contribution is -2.47. The van der Waals surface area contributed by atoms with E-state index in [1.54, 1.807) is 6.26 Å². The smallest absolute Gasteiger partial charge is 0.0947 e. The highest BCUT2D eigenvalue weighted by Crippen LogP contribution is 2.32.